The Morgan fingerprint density at radius 1 is 1.13 bits per heavy atom. The van der Waals surface area contributed by atoms with Crippen LogP contribution in [0.1, 0.15) is 12.5 Å². The molecule has 0 aliphatic carbocycles. The monoisotopic (exact) mass is 332 g/mol. The zero-order valence-electron chi connectivity index (χ0n) is 12.7. The van der Waals surface area contributed by atoms with Crippen molar-refractivity contribution in [3.63, 3.8) is 0 Å². The van der Waals surface area contributed by atoms with Gasteiger partial charge < -0.3 is 10.1 Å². The molecule has 1 unspecified atom stereocenters. The van der Waals surface area contributed by atoms with Crippen LogP contribution in [-0.4, -0.2) is 20.4 Å². The van der Waals surface area contributed by atoms with Gasteiger partial charge in [0.2, 0.25) is 0 Å². The van der Waals surface area contributed by atoms with Crippen molar-refractivity contribution in [3.05, 3.63) is 48.0 Å². The molecule has 1 heterocycles. The van der Waals surface area contributed by atoms with E-state index in [1.54, 1.807) is 19.1 Å². The van der Waals surface area contributed by atoms with E-state index in [1.165, 1.54) is 18.2 Å². The first-order valence-corrected chi connectivity index (χ1v) is 8.54. The SMILES string of the molecule is Cc1ccc(NS(=O)(=O)c2ccc3c(c2)NC(=O)C(C)O3)cc1. The molecular weight excluding hydrogens is 316 g/mol. The molecule has 0 saturated carbocycles. The lowest BCUT2D eigenvalue weighted by Crippen LogP contribution is -2.34. The molecule has 2 aromatic carbocycles. The van der Waals surface area contributed by atoms with Gasteiger partial charge in [-0.1, -0.05) is 17.7 Å². The normalized spacial score (nSPS) is 17.0. The smallest absolute Gasteiger partial charge is 0.265 e. The first-order chi connectivity index (χ1) is 10.8. The number of fused-ring (bicyclic) bond motifs is 1. The lowest BCUT2D eigenvalue weighted by atomic mass is 10.2. The summed E-state index contributed by atoms with van der Waals surface area (Å²) in [5.41, 5.74) is 1.86. The second-order valence-electron chi connectivity index (χ2n) is 5.38. The highest BCUT2D eigenvalue weighted by Crippen LogP contribution is 2.32. The summed E-state index contributed by atoms with van der Waals surface area (Å²) in [7, 11) is -3.75. The molecule has 1 aliphatic rings. The number of hydrogen-bond donors (Lipinski definition) is 2. The van der Waals surface area contributed by atoms with Gasteiger partial charge >= 0.3 is 0 Å². The van der Waals surface area contributed by atoms with Gasteiger partial charge in [-0.05, 0) is 44.2 Å². The van der Waals surface area contributed by atoms with E-state index in [9.17, 15) is 13.2 Å². The van der Waals surface area contributed by atoms with Crippen LogP contribution in [-0.2, 0) is 14.8 Å². The molecule has 23 heavy (non-hydrogen) atoms. The Hall–Kier alpha value is -2.54. The molecule has 0 spiro atoms. The fourth-order valence-electron chi connectivity index (χ4n) is 2.19. The highest BCUT2D eigenvalue weighted by Gasteiger charge is 2.25. The number of nitrogens with one attached hydrogen (secondary N) is 2. The Balaban J connectivity index is 1.90. The molecule has 2 aromatic rings. The standard InChI is InChI=1S/C16H16N2O4S/c1-10-3-5-12(6-4-10)18-23(20,21)13-7-8-15-14(9-13)17-16(19)11(2)22-15/h3-9,11,18H,1-2H3,(H,17,19). The number of carbonyl (C=O) groups is 1. The summed E-state index contributed by atoms with van der Waals surface area (Å²) in [4.78, 5) is 11.7. The summed E-state index contributed by atoms with van der Waals surface area (Å²) in [5, 5.41) is 2.64. The van der Waals surface area contributed by atoms with E-state index in [4.69, 9.17) is 4.74 Å². The number of amides is 1. The summed E-state index contributed by atoms with van der Waals surface area (Å²) in [6.45, 7) is 3.55. The van der Waals surface area contributed by atoms with Crippen LogP contribution < -0.4 is 14.8 Å². The Labute approximate surface area is 134 Å². The number of rotatable bonds is 3. The van der Waals surface area contributed by atoms with Crippen molar-refractivity contribution in [1.29, 1.82) is 0 Å². The molecule has 7 heteroatoms. The average Bonchev–Trinajstić information content (AvgIpc) is 2.50. The predicted molar refractivity (Wildman–Crippen MR) is 87.1 cm³/mol. The second kappa shape index (κ2) is 5.58. The van der Waals surface area contributed by atoms with Gasteiger partial charge in [0.15, 0.2) is 6.10 Å². The summed E-state index contributed by atoms with van der Waals surface area (Å²) in [6.07, 6.45) is -0.601. The number of aryl methyl sites for hydroxylation is 1. The van der Waals surface area contributed by atoms with Gasteiger partial charge in [0.1, 0.15) is 5.75 Å². The number of carbonyl (C=O) groups excluding carboxylic acids is 1. The van der Waals surface area contributed by atoms with Crippen molar-refractivity contribution in [3.8, 4) is 5.75 Å². The van der Waals surface area contributed by atoms with E-state index in [1.807, 2.05) is 19.1 Å². The van der Waals surface area contributed by atoms with Gasteiger partial charge in [-0.2, -0.15) is 0 Å². The van der Waals surface area contributed by atoms with Crippen molar-refractivity contribution in [2.75, 3.05) is 10.0 Å². The van der Waals surface area contributed by atoms with Gasteiger partial charge in [0.25, 0.3) is 15.9 Å². The highest BCUT2D eigenvalue weighted by molar-refractivity contribution is 7.92. The quantitative estimate of drug-likeness (QED) is 0.904. The van der Waals surface area contributed by atoms with Gasteiger partial charge in [0, 0.05) is 5.69 Å². The maximum atomic E-state index is 12.5. The zero-order chi connectivity index (χ0) is 16.6. The van der Waals surface area contributed by atoms with Crippen LogP contribution in [0, 0.1) is 6.92 Å². The third kappa shape index (κ3) is 3.14. The first-order valence-electron chi connectivity index (χ1n) is 7.06. The number of sulfonamides is 1. The molecule has 1 atom stereocenters. The maximum absolute atomic E-state index is 12.5. The maximum Gasteiger partial charge on any atom is 0.265 e. The molecule has 3 rings (SSSR count). The molecule has 0 bridgehead atoms. The van der Waals surface area contributed by atoms with E-state index in [0.717, 1.165) is 5.56 Å². The topological polar surface area (TPSA) is 84.5 Å². The zero-order valence-corrected chi connectivity index (χ0v) is 13.5. The Morgan fingerprint density at radius 3 is 2.52 bits per heavy atom. The van der Waals surface area contributed by atoms with Crippen molar-refractivity contribution in [2.45, 2.75) is 24.8 Å². The van der Waals surface area contributed by atoms with Crippen molar-refractivity contribution in [1.82, 2.24) is 0 Å². The molecule has 1 amide bonds. The first kappa shape index (κ1) is 15.4. The largest absolute Gasteiger partial charge is 0.479 e. The Bertz CT molecular complexity index is 860. The van der Waals surface area contributed by atoms with Gasteiger partial charge in [-0.15, -0.1) is 0 Å². The van der Waals surface area contributed by atoms with Crippen LogP contribution in [0.15, 0.2) is 47.4 Å². The molecule has 0 saturated heterocycles. The van der Waals surface area contributed by atoms with Crippen molar-refractivity contribution in [2.24, 2.45) is 0 Å². The minimum Gasteiger partial charge on any atom is -0.479 e. The van der Waals surface area contributed by atoms with Crippen LogP contribution in [0.2, 0.25) is 0 Å². The van der Waals surface area contributed by atoms with Crippen LogP contribution in [0.25, 0.3) is 0 Å². The fraction of sp³-hybridized carbons (Fsp3) is 0.188. The molecule has 1 aliphatic heterocycles. The summed E-state index contributed by atoms with van der Waals surface area (Å²) >= 11 is 0. The molecule has 2 N–H and O–H groups in total. The van der Waals surface area contributed by atoms with E-state index in [2.05, 4.69) is 10.0 Å². The van der Waals surface area contributed by atoms with Crippen LogP contribution in [0.3, 0.4) is 0 Å². The van der Waals surface area contributed by atoms with E-state index in [0.29, 0.717) is 17.1 Å². The lowest BCUT2D eigenvalue weighted by Gasteiger charge is -2.23. The third-order valence-electron chi connectivity index (χ3n) is 3.50. The minimum absolute atomic E-state index is 0.0512. The molecule has 6 nitrogen and oxygen atoms in total. The number of hydrogen-bond acceptors (Lipinski definition) is 4. The minimum atomic E-state index is -3.75. The lowest BCUT2D eigenvalue weighted by molar-refractivity contribution is -0.122. The molecule has 0 aromatic heterocycles. The molecule has 120 valence electrons. The summed E-state index contributed by atoms with van der Waals surface area (Å²) in [6, 6.07) is 11.4. The van der Waals surface area contributed by atoms with Crippen molar-refractivity contribution < 1.29 is 17.9 Å². The fourth-order valence-corrected chi connectivity index (χ4v) is 3.28. The number of ether oxygens (including phenoxy) is 1. The molecular formula is C16H16N2O4S. The van der Waals surface area contributed by atoms with Gasteiger partial charge in [-0.25, -0.2) is 8.42 Å². The van der Waals surface area contributed by atoms with E-state index < -0.39 is 16.1 Å². The third-order valence-corrected chi connectivity index (χ3v) is 4.87. The Morgan fingerprint density at radius 2 is 1.83 bits per heavy atom. The Kier molecular flexibility index (Phi) is 3.73. The molecule has 0 radical (unpaired) electrons. The van der Waals surface area contributed by atoms with Crippen molar-refractivity contribution >= 4 is 27.3 Å². The van der Waals surface area contributed by atoms with Gasteiger partial charge in [0.05, 0.1) is 10.6 Å². The second-order valence-corrected chi connectivity index (χ2v) is 7.06. The summed E-state index contributed by atoms with van der Waals surface area (Å²) in [5.74, 6) is 0.143. The highest BCUT2D eigenvalue weighted by atomic mass is 32.2. The van der Waals surface area contributed by atoms with E-state index >= 15 is 0 Å². The van der Waals surface area contributed by atoms with E-state index in [-0.39, 0.29) is 10.8 Å². The average molecular weight is 332 g/mol. The van der Waals surface area contributed by atoms with Crippen LogP contribution in [0.5, 0.6) is 5.75 Å². The van der Waals surface area contributed by atoms with Gasteiger partial charge in [-0.3, -0.25) is 9.52 Å². The number of benzene rings is 2. The molecule has 0 fully saturated rings. The predicted octanol–water partition coefficient (Wildman–Crippen LogP) is 2.52. The number of anilines is 2. The summed E-state index contributed by atoms with van der Waals surface area (Å²) < 4.78 is 32.8. The van der Waals surface area contributed by atoms with Crippen LogP contribution >= 0.6 is 0 Å². The van der Waals surface area contributed by atoms with Crippen LogP contribution in [0.4, 0.5) is 11.4 Å².